The molecule has 2 rings (SSSR count). The predicted octanol–water partition coefficient (Wildman–Crippen LogP) is 1.73. The van der Waals surface area contributed by atoms with Crippen molar-refractivity contribution in [3.63, 3.8) is 0 Å². The van der Waals surface area contributed by atoms with E-state index < -0.39 is 0 Å². The average molecular weight is 449 g/mol. The van der Waals surface area contributed by atoms with Crippen molar-refractivity contribution in [3.05, 3.63) is 29.8 Å². The first-order chi connectivity index (χ1) is 15.8. The number of benzene rings is 1. The minimum Gasteiger partial charge on any atom is -0.380 e. The van der Waals surface area contributed by atoms with Gasteiger partial charge < -0.3 is 34.5 Å². The third kappa shape index (κ3) is 13.6. The lowest BCUT2D eigenvalue weighted by Crippen LogP contribution is -2.32. The molecule has 1 fully saturated rings. The maximum absolute atomic E-state index is 8.50. The van der Waals surface area contributed by atoms with Crippen LogP contribution in [0.2, 0.25) is 0 Å². The van der Waals surface area contributed by atoms with E-state index in [1.54, 1.807) is 0 Å². The smallest absolute Gasteiger partial charge is 0.0701 e. The van der Waals surface area contributed by atoms with E-state index in [9.17, 15) is 0 Å². The van der Waals surface area contributed by atoms with E-state index >= 15 is 0 Å². The summed E-state index contributed by atoms with van der Waals surface area (Å²) < 4.78 is 22.5. The van der Waals surface area contributed by atoms with Crippen LogP contribution in [-0.4, -0.2) is 91.6 Å². The molecule has 32 heavy (non-hydrogen) atoms. The number of rotatable bonds is 21. The molecule has 8 heteroatoms. The second-order valence-corrected chi connectivity index (χ2v) is 7.83. The van der Waals surface area contributed by atoms with Crippen molar-refractivity contribution in [3.8, 4) is 6.07 Å². The number of aryl methyl sites for hydroxylation is 1. The van der Waals surface area contributed by atoms with Crippen LogP contribution in [0, 0.1) is 18.3 Å². The zero-order valence-electron chi connectivity index (χ0n) is 19.5. The molecule has 0 aromatic heterocycles. The summed E-state index contributed by atoms with van der Waals surface area (Å²) in [7, 11) is 0. The lowest BCUT2D eigenvalue weighted by Gasteiger charge is -2.25. The maximum Gasteiger partial charge on any atom is 0.0701 e. The maximum atomic E-state index is 8.50. The van der Waals surface area contributed by atoms with E-state index in [0.717, 1.165) is 52.4 Å². The van der Waals surface area contributed by atoms with Gasteiger partial charge >= 0.3 is 0 Å². The van der Waals surface area contributed by atoms with Gasteiger partial charge in [0.05, 0.1) is 58.7 Å². The lowest BCUT2D eigenvalue weighted by atomic mass is 10.2. The standard InChI is InChI=1S/C24H40N4O4/c1-22-4-2-5-24(20-22)28(11-17-32-19-18-29-12-3-7-25)10-16-31-15-9-26-8-14-30-13-6-23-21-27-23/h2,4-5,20,23,26-27H,3,6,8-19,21H2,1H3. The Kier molecular flexibility index (Phi) is 14.7. The van der Waals surface area contributed by atoms with Crippen LogP contribution in [0.5, 0.6) is 0 Å². The molecule has 0 bridgehead atoms. The van der Waals surface area contributed by atoms with Gasteiger partial charge in [-0.25, -0.2) is 0 Å². The average Bonchev–Trinajstić information content (AvgIpc) is 3.62. The summed E-state index contributed by atoms with van der Waals surface area (Å²) in [6.45, 7) is 11.6. The molecule has 1 aliphatic heterocycles. The molecule has 0 spiro atoms. The van der Waals surface area contributed by atoms with Crippen molar-refractivity contribution >= 4 is 5.69 Å². The van der Waals surface area contributed by atoms with E-state index in [1.807, 2.05) is 0 Å². The Morgan fingerprint density at radius 2 is 1.62 bits per heavy atom. The zero-order chi connectivity index (χ0) is 22.7. The number of anilines is 1. The molecule has 1 aromatic rings. The van der Waals surface area contributed by atoms with Crippen molar-refractivity contribution in [2.24, 2.45) is 0 Å². The van der Waals surface area contributed by atoms with Crippen LogP contribution < -0.4 is 15.5 Å². The van der Waals surface area contributed by atoms with E-state index in [4.69, 9.17) is 24.2 Å². The molecular weight excluding hydrogens is 408 g/mol. The SMILES string of the molecule is Cc1cccc(N(CCOCCNCCOCCC2CN2)CCOCCOCCC#N)c1. The molecular formula is C24H40N4O4. The Hall–Kier alpha value is -1.73. The number of ether oxygens (including phenoxy) is 4. The molecule has 1 atom stereocenters. The van der Waals surface area contributed by atoms with Gasteiger partial charge in [0, 0.05) is 51.1 Å². The van der Waals surface area contributed by atoms with Crippen LogP contribution in [0.3, 0.4) is 0 Å². The molecule has 0 radical (unpaired) electrons. The van der Waals surface area contributed by atoms with Gasteiger partial charge in [-0.15, -0.1) is 0 Å². The first-order valence-electron chi connectivity index (χ1n) is 11.7. The van der Waals surface area contributed by atoms with Crippen molar-refractivity contribution in [2.75, 3.05) is 90.5 Å². The monoisotopic (exact) mass is 448 g/mol. The van der Waals surface area contributed by atoms with Gasteiger partial charge in [-0.05, 0) is 31.0 Å². The van der Waals surface area contributed by atoms with Crippen LogP contribution in [0.25, 0.3) is 0 Å². The number of nitrogens with zero attached hydrogens (tertiary/aromatic N) is 2. The minimum absolute atomic E-state index is 0.419. The summed E-state index contributed by atoms with van der Waals surface area (Å²) in [6.07, 6.45) is 1.53. The first-order valence-corrected chi connectivity index (χ1v) is 11.7. The Morgan fingerprint density at radius 3 is 2.28 bits per heavy atom. The molecule has 8 nitrogen and oxygen atoms in total. The quantitative estimate of drug-likeness (QED) is 0.217. The number of nitriles is 1. The second kappa shape index (κ2) is 17.8. The Bertz CT molecular complexity index is 637. The van der Waals surface area contributed by atoms with E-state index in [-0.39, 0.29) is 0 Å². The summed E-state index contributed by atoms with van der Waals surface area (Å²) in [5.41, 5.74) is 2.42. The third-order valence-corrected chi connectivity index (χ3v) is 5.06. The van der Waals surface area contributed by atoms with Crippen LogP contribution >= 0.6 is 0 Å². The van der Waals surface area contributed by atoms with Gasteiger partial charge in [0.15, 0.2) is 0 Å². The fourth-order valence-electron chi connectivity index (χ4n) is 3.11. The van der Waals surface area contributed by atoms with Gasteiger partial charge in [0.2, 0.25) is 0 Å². The summed E-state index contributed by atoms with van der Waals surface area (Å²) in [4.78, 5) is 2.29. The summed E-state index contributed by atoms with van der Waals surface area (Å²) >= 11 is 0. The van der Waals surface area contributed by atoms with Gasteiger partial charge in [0.1, 0.15) is 0 Å². The summed E-state index contributed by atoms with van der Waals surface area (Å²) in [6, 6.07) is 11.2. The third-order valence-electron chi connectivity index (χ3n) is 5.06. The molecule has 1 aliphatic rings. The van der Waals surface area contributed by atoms with Crippen LogP contribution in [0.1, 0.15) is 18.4 Å². The number of hydrogen-bond donors (Lipinski definition) is 2. The number of hydrogen-bond acceptors (Lipinski definition) is 8. The van der Waals surface area contributed by atoms with E-state index in [1.165, 1.54) is 11.3 Å². The van der Waals surface area contributed by atoms with Gasteiger partial charge in [-0.2, -0.15) is 5.26 Å². The molecule has 180 valence electrons. The highest BCUT2D eigenvalue weighted by atomic mass is 16.5. The molecule has 1 unspecified atom stereocenters. The van der Waals surface area contributed by atoms with Gasteiger partial charge in [0.25, 0.3) is 0 Å². The predicted molar refractivity (Wildman–Crippen MR) is 126 cm³/mol. The Balaban J connectivity index is 1.52. The largest absolute Gasteiger partial charge is 0.380 e. The number of nitrogens with one attached hydrogen (secondary N) is 2. The van der Waals surface area contributed by atoms with Crippen LogP contribution in [-0.2, 0) is 18.9 Å². The fourth-order valence-corrected chi connectivity index (χ4v) is 3.11. The van der Waals surface area contributed by atoms with E-state index in [0.29, 0.717) is 52.1 Å². The molecule has 2 N–H and O–H groups in total. The van der Waals surface area contributed by atoms with Crippen LogP contribution in [0.4, 0.5) is 5.69 Å². The fraction of sp³-hybridized carbons (Fsp3) is 0.708. The van der Waals surface area contributed by atoms with Crippen LogP contribution in [0.15, 0.2) is 24.3 Å². The van der Waals surface area contributed by atoms with Gasteiger partial charge in [-0.1, -0.05) is 12.1 Å². The molecule has 1 saturated heterocycles. The Labute approximate surface area is 193 Å². The molecule has 0 amide bonds. The second-order valence-electron chi connectivity index (χ2n) is 7.83. The zero-order valence-corrected chi connectivity index (χ0v) is 19.5. The van der Waals surface area contributed by atoms with Crippen molar-refractivity contribution in [2.45, 2.75) is 25.8 Å². The molecule has 0 aliphatic carbocycles. The Morgan fingerprint density at radius 1 is 0.969 bits per heavy atom. The normalized spacial score (nSPS) is 14.9. The summed E-state index contributed by atoms with van der Waals surface area (Å²) in [5.74, 6) is 0. The highest BCUT2D eigenvalue weighted by Gasteiger charge is 2.18. The highest BCUT2D eigenvalue weighted by Crippen LogP contribution is 2.15. The molecule has 1 aromatic carbocycles. The highest BCUT2D eigenvalue weighted by molar-refractivity contribution is 5.48. The van der Waals surface area contributed by atoms with Crippen molar-refractivity contribution in [1.29, 1.82) is 5.26 Å². The molecule has 1 heterocycles. The minimum atomic E-state index is 0.419. The lowest BCUT2D eigenvalue weighted by molar-refractivity contribution is 0.0520. The summed E-state index contributed by atoms with van der Waals surface area (Å²) in [5, 5.41) is 15.1. The van der Waals surface area contributed by atoms with Gasteiger partial charge in [-0.3, -0.25) is 0 Å². The van der Waals surface area contributed by atoms with E-state index in [2.05, 4.69) is 52.8 Å². The van der Waals surface area contributed by atoms with Crippen molar-refractivity contribution in [1.82, 2.24) is 10.6 Å². The first kappa shape index (κ1) is 26.5. The van der Waals surface area contributed by atoms with Crippen molar-refractivity contribution < 1.29 is 18.9 Å². The molecule has 0 saturated carbocycles. The topological polar surface area (TPSA) is 97.9 Å².